The van der Waals surface area contributed by atoms with Crippen molar-refractivity contribution < 1.29 is 33.3 Å². The Labute approximate surface area is 182 Å². The molecule has 0 saturated carbocycles. The van der Waals surface area contributed by atoms with Crippen molar-refractivity contribution in [3.05, 3.63) is 65.2 Å². The average molecular weight is 428 g/mol. The summed E-state index contributed by atoms with van der Waals surface area (Å²) in [5, 5.41) is 0. The standard InChI is InChI=1S/C24H28O7/c1-4-28-22(25)16-30-21-12-11-19(14-20(21)24(27)29-5-2)13-17(3)23(26)31-15-18-9-7-6-8-10-18/h6-12,14,17H,4-5,13,15-16H2,1-3H3/t17-/m0/s1. The largest absolute Gasteiger partial charge is 0.481 e. The lowest BCUT2D eigenvalue weighted by molar-refractivity contribution is -0.149. The summed E-state index contributed by atoms with van der Waals surface area (Å²) in [5.41, 5.74) is 1.85. The van der Waals surface area contributed by atoms with Gasteiger partial charge in [-0.1, -0.05) is 43.3 Å². The molecule has 0 spiro atoms. The highest BCUT2D eigenvalue weighted by molar-refractivity contribution is 5.93. The normalized spacial score (nSPS) is 11.3. The Morgan fingerprint density at radius 1 is 0.871 bits per heavy atom. The number of hydrogen-bond donors (Lipinski definition) is 0. The fourth-order valence-corrected chi connectivity index (χ4v) is 2.85. The van der Waals surface area contributed by atoms with Crippen LogP contribution in [0, 0.1) is 5.92 Å². The number of hydrogen-bond acceptors (Lipinski definition) is 7. The van der Waals surface area contributed by atoms with Gasteiger partial charge in [0.1, 0.15) is 17.9 Å². The van der Waals surface area contributed by atoms with Gasteiger partial charge in [0.25, 0.3) is 0 Å². The maximum atomic E-state index is 12.4. The monoisotopic (exact) mass is 428 g/mol. The minimum atomic E-state index is -0.567. The molecule has 0 aliphatic carbocycles. The number of ether oxygens (including phenoxy) is 4. The number of benzene rings is 2. The van der Waals surface area contributed by atoms with Crippen LogP contribution in [0.3, 0.4) is 0 Å². The van der Waals surface area contributed by atoms with Crippen LogP contribution in [-0.2, 0) is 36.8 Å². The summed E-state index contributed by atoms with van der Waals surface area (Å²) in [6, 6.07) is 14.4. The molecule has 166 valence electrons. The third-order valence-electron chi connectivity index (χ3n) is 4.36. The van der Waals surface area contributed by atoms with Gasteiger partial charge in [-0.3, -0.25) is 4.79 Å². The minimum Gasteiger partial charge on any atom is -0.481 e. The molecule has 2 aromatic rings. The molecule has 0 amide bonds. The van der Waals surface area contributed by atoms with E-state index in [2.05, 4.69) is 0 Å². The number of carbonyl (C=O) groups excluding carboxylic acids is 3. The Morgan fingerprint density at radius 3 is 2.26 bits per heavy atom. The molecule has 0 N–H and O–H groups in total. The molecule has 0 aliphatic rings. The van der Waals surface area contributed by atoms with E-state index in [0.717, 1.165) is 11.1 Å². The molecule has 0 unspecified atom stereocenters. The van der Waals surface area contributed by atoms with Crippen LogP contribution < -0.4 is 4.74 Å². The van der Waals surface area contributed by atoms with Gasteiger partial charge in [-0.2, -0.15) is 0 Å². The SMILES string of the molecule is CCOC(=O)COc1ccc(C[C@H](C)C(=O)OCc2ccccc2)cc1C(=O)OCC. The molecule has 31 heavy (non-hydrogen) atoms. The molecule has 2 rings (SSSR count). The molecule has 7 heteroatoms. The quantitative estimate of drug-likeness (QED) is 0.398. The molecule has 0 heterocycles. The van der Waals surface area contributed by atoms with Gasteiger partial charge in [0, 0.05) is 0 Å². The number of rotatable bonds is 11. The lowest BCUT2D eigenvalue weighted by Crippen LogP contribution is -2.18. The molecule has 0 aromatic heterocycles. The lowest BCUT2D eigenvalue weighted by Gasteiger charge is -2.15. The molecule has 0 fully saturated rings. The Kier molecular flexibility index (Phi) is 9.55. The molecule has 2 aromatic carbocycles. The first-order chi connectivity index (χ1) is 14.9. The van der Waals surface area contributed by atoms with Crippen molar-refractivity contribution in [3.8, 4) is 5.75 Å². The van der Waals surface area contributed by atoms with Crippen LogP contribution in [-0.4, -0.2) is 37.7 Å². The third kappa shape index (κ3) is 7.77. The van der Waals surface area contributed by atoms with Crippen molar-refractivity contribution in [3.63, 3.8) is 0 Å². The van der Waals surface area contributed by atoms with Crippen LogP contribution in [0.4, 0.5) is 0 Å². The Morgan fingerprint density at radius 2 is 1.58 bits per heavy atom. The van der Waals surface area contributed by atoms with E-state index < -0.39 is 17.9 Å². The third-order valence-corrected chi connectivity index (χ3v) is 4.36. The first kappa shape index (κ1) is 23.9. The van der Waals surface area contributed by atoms with Crippen LogP contribution in [0.15, 0.2) is 48.5 Å². The molecule has 0 saturated heterocycles. The van der Waals surface area contributed by atoms with E-state index in [4.69, 9.17) is 18.9 Å². The zero-order valence-corrected chi connectivity index (χ0v) is 18.1. The van der Waals surface area contributed by atoms with Crippen LogP contribution in [0.1, 0.15) is 42.3 Å². The van der Waals surface area contributed by atoms with E-state index in [1.165, 1.54) is 0 Å². The Bertz CT molecular complexity index is 877. The predicted octanol–water partition coefficient (Wildman–Crippen LogP) is 3.73. The van der Waals surface area contributed by atoms with E-state index in [-0.39, 0.29) is 43.7 Å². The zero-order chi connectivity index (χ0) is 22.6. The fraction of sp³-hybridized carbons (Fsp3) is 0.375. The first-order valence-electron chi connectivity index (χ1n) is 10.2. The van der Waals surface area contributed by atoms with Crippen molar-refractivity contribution >= 4 is 17.9 Å². The highest BCUT2D eigenvalue weighted by Crippen LogP contribution is 2.23. The molecular weight excluding hydrogens is 400 g/mol. The van der Waals surface area contributed by atoms with Crippen LogP contribution in [0.5, 0.6) is 5.75 Å². The van der Waals surface area contributed by atoms with Crippen molar-refractivity contribution in [2.75, 3.05) is 19.8 Å². The summed E-state index contributed by atoms with van der Waals surface area (Å²) in [6.07, 6.45) is 0.373. The van der Waals surface area contributed by atoms with E-state index in [1.807, 2.05) is 30.3 Å². The Hall–Kier alpha value is -3.35. The summed E-state index contributed by atoms with van der Waals surface area (Å²) < 4.78 is 20.8. The summed E-state index contributed by atoms with van der Waals surface area (Å²) in [5.74, 6) is -1.62. The van der Waals surface area contributed by atoms with Gasteiger partial charge >= 0.3 is 17.9 Å². The van der Waals surface area contributed by atoms with E-state index in [0.29, 0.717) is 6.42 Å². The molecular formula is C24H28O7. The zero-order valence-electron chi connectivity index (χ0n) is 18.1. The minimum absolute atomic E-state index is 0.188. The van der Waals surface area contributed by atoms with Gasteiger partial charge in [-0.15, -0.1) is 0 Å². The van der Waals surface area contributed by atoms with Crippen molar-refractivity contribution in [1.29, 1.82) is 0 Å². The van der Waals surface area contributed by atoms with Gasteiger partial charge in [-0.05, 0) is 43.5 Å². The predicted molar refractivity (Wildman–Crippen MR) is 114 cm³/mol. The van der Waals surface area contributed by atoms with Crippen molar-refractivity contribution in [2.24, 2.45) is 5.92 Å². The van der Waals surface area contributed by atoms with Crippen LogP contribution in [0.2, 0.25) is 0 Å². The topological polar surface area (TPSA) is 88.1 Å². The number of esters is 3. The molecule has 0 aliphatic heterocycles. The molecule has 1 atom stereocenters. The maximum absolute atomic E-state index is 12.4. The smallest absolute Gasteiger partial charge is 0.344 e. The summed E-state index contributed by atoms with van der Waals surface area (Å²) in [4.78, 5) is 36.3. The second-order valence-electron chi connectivity index (χ2n) is 6.84. The second-order valence-corrected chi connectivity index (χ2v) is 6.84. The molecule has 7 nitrogen and oxygen atoms in total. The van der Waals surface area contributed by atoms with Crippen LogP contribution >= 0.6 is 0 Å². The number of carbonyl (C=O) groups is 3. The van der Waals surface area contributed by atoms with E-state index in [9.17, 15) is 14.4 Å². The van der Waals surface area contributed by atoms with Crippen molar-refractivity contribution in [2.45, 2.75) is 33.8 Å². The summed E-state index contributed by atoms with van der Waals surface area (Å²) in [6.45, 7) is 5.49. The summed E-state index contributed by atoms with van der Waals surface area (Å²) >= 11 is 0. The van der Waals surface area contributed by atoms with E-state index >= 15 is 0 Å². The molecule has 0 radical (unpaired) electrons. The first-order valence-corrected chi connectivity index (χ1v) is 10.2. The van der Waals surface area contributed by atoms with E-state index in [1.54, 1.807) is 39.0 Å². The average Bonchev–Trinajstić information content (AvgIpc) is 2.77. The van der Waals surface area contributed by atoms with Gasteiger partial charge in [0.2, 0.25) is 0 Å². The van der Waals surface area contributed by atoms with Gasteiger partial charge < -0.3 is 18.9 Å². The lowest BCUT2D eigenvalue weighted by atomic mass is 9.99. The van der Waals surface area contributed by atoms with Gasteiger partial charge in [0.05, 0.1) is 19.1 Å². The van der Waals surface area contributed by atoms with Crippen LogP contribution in [0.25, 0.3) is 0 Å². The summed E-state index contributed by atoms with van der Waals surface area (Å²) in [7, 11) is 0. The van der Waals surface area contributed by atoms with Gasteiger partial charge in [0.15, 0.2) is 6.61 Å². The maximum Gasteiger partial charge on any atom is 0.344 e. The van der Waals surface area contributed by atoms with Gasteiger partial charge in [-0.25, -0.2) is 9.59 Å². The molecule has 0 bridgehead atoms. The fourth-order valence-electron chi connectivity index (χ4n) is 2.85. The van der Waals surface area contributed by atoms with Crippen molar-refractivity contribution in [1.82, 2.24) is 0 Å². The second kappa shape index (κ2) is 12.4. The highest BCUT2D eigenvalue weighted by atomic mass is 16.6. The Balaban J connectivity index is 2.05. The highest BCUT2D eigenvalue weighted by Gasteiger charge is 2.20.